The van der Waals surface area contributed by atoms with Gasteiger partial charge in [-0.05, 0) is 6.42 Å². The van der Waals surface area contributed by atoms with Gasteiger partial charge < -0.3 is 24.4 Å². The molecule has 6 heteroatoms. The third kappa shape index (κ3) is 21.5. The number of carbonyl (C=O) groups is 1. The average Bonchev–Trinajstić information content (AvgIpc) is 2.66. The number of carbonyl (C=O) groups excluding carboxylic acids is 1. The van der Waals surface area contributed by atoms with Gasteiger partial charge in [-0.25, -0.2) is 0 Å². The lowest BCUT2D eigenvalue weighted by Crippen LogP contribution is -2.23. The van der Waals surface area contributed by atoms with Crippen molar-refractivity contribution < 1.29 is 29.2 Å². The topological polar surface area (TPSA) is 85.2 Å². The van der Waals surface area contributed by atoms with E-state index in [1.807, 2.05) is 0 Å². The zero-order chi connectivity index (χ0) is 20.0. The Bertz CT molecular complexity index is 311. The second-order valence-electron chi connectivity index (χ2n) is 7.03. The van der Waals surface area contributed by atoms with Crippen LogP contribution in [0.25, 0.3) is 0 Å². The molecule has 1 unspecified atom stereocenters. The van der Waals surface area contributed by atoms with E-state index < -0.39 is 6.10 Å². The minimum absolute atomic E-state index is 0.0668. The first-order valence-electron chi connectivity index (χ1n) is 10.8. The summed E-state index contributed by atoms with van der Waals surface area (Å²) in [4.78, 5) is 11.6. The summed E-state index contributed by atoms with van der Waals surface area (Å²) in [6.45, 7) is 3.11. The molecule has 162 valence electrons. The van der Waals surface area contributed by atoms with Gasteiger partial charge in [0.05, 0.1) is 33.0 Å². The van der Waals surface area contributed by atoms with Gasteiger partial charge in [0, 0.05) is 6.42 Å². The maximum absolute atomic E-state index is 11.6. The van der Waals surface area contributed by atoms with Gasteiger partial charge in [-0.1, -0.05) is 71.1 Å². The van der Waals surface area contributed by atoms with Crippen LogP contribution in [0.1, 0.15) is 84.0 Å². The fraction of sp³-hybridized carbons (Fsp3) is 0.952. The Morgan fingerprint density at radius 3 is 1.85 bits per heavy atom. The summed E-state index contributed by atoms with van der Waals surface area (Å²) in [5.74, 6) is -0.179. The van der Waals surface area contributed by atoms with Crippen molar-refractivity contribution in [2.24, 2.45) is 0 Å². The molecule has 0 rings (SSSR count). The summed E-state index contributed by atoms with van der Waals surface area (Å²) in [6.07, 6.45) is 13.6. The van der Waals surface area contributed by atoms with Gasteiger partial charge in [0.15, 0.2) is 0 Å². The minimum atomic E-state index is -0.733. The quantitative estimate of drug-likeness (QED) is 0.230. The highest BCUT2D eigenvalue weighted by Crippen LogP contribution is 2.12. The van der Waals surface area contributed by atoms with E-state index in [9.17, 15) is 9.90 Å². The molecular formula is C21H42O6. The van der Waals surface area contributed by atoms with Crippen molar-refractivity contribution in [2.45, 2.75) is 90.1 Å². The van der Waals surface area contributed by atoms with Gasteiger partial charge in [-0.3, -0.25) is 4.79 Å². The smallest absolute Gasteiger partial charge is 0.305 e. The SMILES string of the molecule is CCCCCCCCCCCCCC(=O)OCCOCC(O)COCCO. The molecule has 0 aliphatic heterocycles. The molecule has 27 heavy (non-hydrogen) atoms. The number of esters is 1. The van der Waals surface area contributed by atoms with Crippen LogP contribution in [0.15, 0.2) is 0 Å². The average molecular weight is 391 g/mol. The molecule has 1 atom stereocenters. The van der Waals surface area contributed by atoms with Crippen LogP contribution in [-0.4, -0.2) is 61.9 Å². The summed E-state index contributed by atoms with van der Waals surface area (Å²) < 4.78 is 15.3. The molecule has 0 bridgehead atoms. The van der Waals surface area contributed by atoms with Gasteiger partial charge in [-0.2, -0.15) is 0 Å². The third-order valence-corrected chi connectivity index (χ3v) is 4.33. The number of unbranched alkanes of at least 4 members (excludes halogenated alkanes) is 10. The zero-order valence-electron chi connectivity index (χ0n) is 17.3. The maximum atomic E-state index is 11.6. The number of hydrogen-bond donors (Lipinski definition) is 2. The molecule has 0 fully saturated rings. The molecule has 0 saturated heterocycles. The highest BCUT2D eigenvalue weighted by Gasteiger charge is 2.06. The molecule has 0 aromatic heterocycles. The Labute approximate surface area is 165 Å². The van der Waals surface area contributed by atoms with Crippen LogP contribution < -0.4 is 0 Å². The highest BCUT2D eigenvalue weighted by molar-refractivity contribution is 5.69. The number of rotatable bonds is 21. The first-order chi connectivity index (χ1) is 13.2. The second kappa shape index (κ2) is 21.6. The summed E-state index contributed by atoms with van der Waals surface area (Å²) in [7, 11) is 0. The van der Waals surface area contributed by atoms with Crippen LogP contribution in [0.5, 0.6) is 0 Å². The Kier molecular flexibility index (Phi) is 21.1. The van der Waals surface area contributed by atoms with E-state index in [0.29, 0.717) is 6.42 Å². The lowest BCUT2D eigenvalue weighted by molar-refractivity contribution is -0.145. The molecule has 0 aromatic carbocycles. The van der Waals surface area contributed by atoms with Crippen molar-refractivity contribution in [3.05, 3.63) is 0 Å². The number of ether oxygens (including phenoxy) is 3. The molecule has 0 aliphatic carbocycles. The summed E-state index contributed by atoms with van der Waals surface area (Å²) in [5, 5.41) is 18.1. The van der Waals surface area contributed by atoms with Crippen LogP contribution in [0, 0.1) is 0 Å². The second-order valence-corrected chi connectivity index (χ2v) is 7.03. The molecule has 0 aliphatic rings. The van der Waals surface area contributed by atoms with E-state index in [2.05, 4.69) is 6.92 Å². The molecule has 0 heterocycles. The van der Waals surface area contributed by atoms with E-state index >= 15 is 0 Å². The molecule has 0 aromatic rings. The molecule has 0 spiro atoms. The molecule has 0 radical (unpaired) electrons. The fourth-order valence-electron chi connectivity index (χ4n) is 2.77. The third-order valence-electron chi connectivity index (χ3n) is 4.33. The van der Waals surface area contributed by atoms with E-state index in [1.165, 1.54) is 57.8 Å². The Morgan fingerprint density at radius 2 is 1.30 bits per heavy atom. The fourth-order valence-corrected chi connectivity index (χ4v) is 2.77. The van der Waals surface area contributed by atoms with Crippen LogP contribution in [0.2, 0.25) is 0 Å². The van der Waals surface area contributed by atoms with Gasteiger partial charge >= 0.3 is 5.97 Å². The van der Waals surface area contributed by atoms with Crippen molar-refractivity contribution in [2.75, 3.05) is 39.6 Å². The van der Waals surface area contributed by atoms with Crippen LogP contribution in [0.4, 0.5) is 0 Å². The zero-order valence-corrected chi connectivity index (χ0v) is 17.3. The van der Waals surface area contributed by atoms with Gasteiger partial charge in [0.1, 0.15) is 12.7 Å². The Balaban J connectivity index is 3.24. The standard InChI is InChI=1S/C21H42O6/c1-2-3-4-5-6-7-8-9-10-11-12-13-21(24)27-17-16-26-19-20(23)18-25-15-14-22/h20,22-23H,2-19H2,1H3. The van der Waals surface area contributed by atoms with Crippen LogP contribution in [0.3, 0.4) is 0 Å². The number of hydrogen-bond acceptors (Lipinski definition) is 6. The van der Waals surface area contributed by atoms with Crippen molar-refractivity contribution in [1.82, 2.24) is 0 Å². The van der Waals surface area contributed by atoms with Gasteiger partial charge in [0.2, 0.25) is 0 Å². The monoisotopic (exact) mass is 390 g/mol. The van der Waals surface area contributed by atoms with Gasteiger partial charge in [0.25, 0.3) is 0 Å². The summed E-state index contributed by atoms with van der Waals surface area (Å²) >= 11 is 0. The maximum Gasteiger partial charge on any atom is 0.305 e. The van der Waals surface area contributed by atoms with E-state index in [1.54, 1.807) is 0 Å². The van der Waals surface area contributed by atoms with Crippen molar-refractivity contribution in [3.63, 3.8) is 0 Å². The van der Waals surface area contributed by atoms with E-state index in [4.69, 9.17) is 19.3 Å². The molecule has 2 N–H and O–H groups in total. The van der Waals surface area contributed by atoms with Crippen molar-refractivity contribution in [1.29, 1.82) is 0 Å². The highest BCUT2D eigenvalue weighted by atomic mass is 16.6. The minimum Gasteiger partial charge on any atom is -0.463 e. The van der Waals surface area contributed by atoms with E-state index in [-0.39, 0.29) is 45.6 Å². The van der Waals surface area contributed by atoms with Crippen LogP contribution in [-0.2, 0) is 19.0 Å². The van der Waals surface area contributed by atoms with E-state index in [0.717, 1.165) is 12.8 Å². The molecule has 0 saturated carbocycles. The first kappa shape index (κ1) is 26.3. The Morgan fingerprint density at radius 1 is 0.778 bits per heavy atom. The van der Waals surface area contributed by atoms with Gasteiger partial charge in [-0.15, -0.1) is 0 Å². The van der Waals surface area contributed by atoms with Crippen LogP contribution >= 0.6 is 0 Å². The predicted molar refractivity (Wildman–Crippen MR) is 107 cm³/mol. The lowest BCUT2D eigenvalue weighted by Gasteiger charge is -2.11. The summed E-state index contributed by atoms with van der Waals surface area (Å²) in [6, 6.07) is 0. The predicted octanol–water partition coefficient (Wildman–Crippen LogP) is 3.62. The summed E-state index contributed by atoms with van der Waals surface area (Å²) in [5.41, 5.74) is 0. The molecule has 0 amide bonds. The van der Waals surface area contributed by atoms with Crippen molar-refractivity contribution >= 4 is 5.97 Å². The molecule has 6 nitrogen and oxygen atoms in total. The normalized spacial score (nSPS) is 12.3. The van der Waals surface area contributed by atoms with Crippen molar-refractivity contribution in [3.8, 4) is 0 Å². The number of aliphatic hydroxyl groups is 2. The largest absolute Gasteiger partial charge is 0.463 e. The lowest BCUT2D eigenvalue weighted by atomic mass is 10.1. The Hall–Kier alpha value is -0.690. The number of aliphatic hydroxyl groups excluding tert-OH is 2. The first-order valence-corrected chi connectivity index (χ1v) is 10.8. The molecular weight excluding hydrogens is 348 g/mol.